The molecule has 2 amide bonds. The SMILES string of the molecule is Cc1nnsc1C(=O)Nc1ccc2c(c1)CCC(=O)N2C. The first-order valence-electron chi connectivity index (χ1n) is 6.56. The number of nitrogens with zero attached hydrogens (tertiary/aromatic N) is 3. The van der Waals surface area contributed by atoms with Crippen LogP contribution in [0.5, 0.6) is 0 Å². The van der Waals surface area contributed by atoms with E-state index < -0.39 is 0 Å². The predicted molar refractivity (Wildman–Crippen MR) is 80.8 cm³/mol. The second kappa shape index (κ2) is 5.25. The second-order valence-corrected chi connectivity index (χ2v) is 5.69. The van der Waals surface area contributed by atoms with Gasteiger partial charge in [0.1, 0.15) is 4.88 Å². The van der Waals surface area contributed by atoms with Gasteiger partial charge in [-0.1, -0.05) is 4.49 Å². The minimum Gasteiger partial charge on any atom is -0.321 e. The summed E-state index contributed by atoms with van der Waals surface area (Å²) >= 11 is 1.08. The van der Waals surface area contributed by atoms with Gasteiger partial charge in [-0.15, -0.1) is 5.10 Å². The number of rotatable bonds is 2. The summed E-state index contributed by atoms with van der Waals surface area (Å²) in [4.78, 5) is 26.0. The van der Waals surface area contributed by atoms with E-state index in [1.54, 1.807) is 24.9 Å². The number of aryl methyl sites for hydroxylation is 2. The van der Waals surface area contributed by atoms with Crippen molar-refractivity contribution in [2.75, 3.05) is 17.3 Å². The Hall–Kier alpha value is -2.28. The molecular weight excluding hydrogens is 288 g/mol. The van der Waals surface area contributed by atoms with E-state index >= 15 is 0 Å². The zero-order valence-electron chi connectivity index (χ0n) is 11.7. The molecule has 21 heavy (non-hydrogen) atoms. The van der Waals surface area contributed by atoms with Gasteiger partial charge < -0.3 is 10.2 Å². The average Bonchev–Trinajstić information content (AvgIpc) is 2.89. The van der Waals surface area contributed by atoms with E-state index in [2.05, 4.69) is 14.9 Å². The van der Waals surface area contributed by atoms with E-state index in [4.69, 9.17) is 0 Å². The first kappa shape index (κ1) is 13.7. The fraction of sp³-hybridized carbons (Fsp3) is 0.286. The third kappa shape index (κ3) is 2.52. The predicted octanol–water partition coefficient (Wildman–Crippen LogP) is 2.01. The van der Waals surface area contributed by atoms with Crippen LogP contribution in [-0.4, -0.2) is 28.4 Å². The molecule has 0 radical (unpaired) electrons. The molecule has 2 aromatic rings. The average molecular weight is 302 g/mol. The molecule has 0 atom stereocenters. The molecule has 6 nitrogen and oxygen atoms in total. The lowest BCUT2D eigenvalue weighted by Gasteiger charge is -2.26. The molecular formula is C14H14N4O2S. The van der Waals surface area contributed by atoms with Crippen molar-refractivity contribution in [1.29, 1.82) is 0 Å². The maximum absolute atomic E-state index is 12.1. The quantitative estimate of drug-likeness (QED) is 0.920. The maximum atomic E-state index is 12.1. The lowest BCUT2D eigenvalue weighted by atomic mass is 10.0. The van der Waals surface area contributed by atoms with E-state index in [1.807, 2.05) is 12.1 Å². The van der Waals surface area contributed by atoms with Gasteiger partial charge in [0.15, 0.2) is 0 Å². The first-order chi connectivity index (χ1) is 10.1. The van der Waals surface area contributed by atoms with Crippen LogP contribution in [0, 0.1) is 6.92 Å². The van der Waals surface area contributed by atoms with E-state index in [-0.39, 0.29) is 11.8 Å². The monoisotopic (exact) mass is 302 g/mol. The normalized spacial score (nSPS) is 14.0. The van der Waals surface area contributed by atoms with Gasteiger partial charge >= 0.3 is 0 Å². The molecule has 7 heteroatoms. The van der Waals surface area contributed by atoms with Gasteiger partial charge in [-0.2, -0.15) is 0 Å². The van der Waals surface area contributed by atoms with Crippen molar-refractivity contribution >= 4 is 34.7 Å². The van der Waals surface area contributed by atoms with E-state index in [0.29, 0.717) is 29.1 Å². The molecule has 1 aromatic carbocycles. The number of carbonyl (C=O) groups excluding carboxylic acids is 2. The van der Waals surface area contributed by atoms with Crippen molar-refractivity contribution in [2.24, 2.45) is 0 Å². The minimum atomic E-state index is -0.206. The fourth-order valence-corrected chi connectivity index (χ4v) is 2.91. The summed E-state index contributed by atoms with van der Waals surface area (Å²) in [6, 6.07) is 5.58. The van der Waals surface area contributed by atoms with E-state index in [0.717, 1.165) is 22.8 Å². The van der Waals surface area contributed by atoms with Gasteiger partial charge in [-0.25, -0.2) is 0 Å². The highest BCUT2D eigenvalue weighted by molar-refractivity contribution is 7.08. The van der Waals surface area contributed by atoms with Crippen molar-refractivity contribution in [2.45, 2.75) is 19.8 Å². The molecule has 1 aromatic heterocycles. The molecule has 0 saturated carbocycles. The highest BCUT2D eigenvalue weighted by Gasteiger charge is 2.21. The molecule has 0 spiro atoms. The van der Waals surface area contributed by atoms with Crippen LogP contribution in [0.1, 0.15) is 27.3 Å². The molecule has 1 aliphatic heterocycles. The van der Waals surface area contributed by atoms with Crippen LogP contribution >= 0.6 is 11.5 Å². The van der Waals surface area contributed by atoms with E-state index in [1.165, 1.54) is 0 Å². The second-order valence-electron chi connectivity index (χ2n) is 4.94. The lowest BCUT2D eigenvalue weighted by molar-refractivity contribution is -0.118. The number of nitrogens with one attached hydrogen (secondary N) is 1. The van der Waals surface area contributed by atoms with Gasteiger partial charge in [-0.3, -0.25) is 9.59 Å². The summed E-state index contributed by atoms with van der Waals surface area (Å²) in [5.41, 5.74) is 3.31. The number of carbonyl (C=O) groups is 2. The summed E-state index contributed by atoms with van der Waals surface area (Å²) in [5.74, 6) is -0.0895. The van der Waals surface area contributed by atoms with Crippen LogP contribution in [0.25, 0.3) is 0 Å². The molecule has 1 N–H and O–H groups in total. The third-order valence-corrected chi connectivity index (χ3v) is 4.37. The van der Waals surface area contributed by atoms with E-state index in [9.17, 15) is 9.59 Å². The van der Waals surface area contributed by atoms with Crippen LogP contribution in [0.3, 0.4) is 0 Å². The van der Waals surface area contributed by atoms with Crippen LogP contribution in [-0.2, 0) is 11.2 Å². The van der Waals surface area contributed by atoms with Crippen molar-refractivity contribution in [3.05, 3.63) is 34.3 Å². The Balaban J connectivity index is 1.83. The lowest BCUT2D eigenvalue weighted by Crippen LogP contribution is -2.31. The molecule has 108 valence electrons. The van der Waals surface area contributed by atoms with Crippen LogP contribution in [0.15, 0.2) is 18.2 Å². The molecule has 1 aliphatic rings. The Morgan fingerprint density at radius 2 is 2.19 bits per heavy atom. The molecule has 2 heterocycles. The number of hydrogen-bond acceptors (Lipinski definition) is 5. The molecule has 0 aliphatic carbocycles. The standard InChI is InChI=1S/C14H14N4O2S/c1-8-13(21-17-16-8)14(20)15-10-4-5-11-9(7-10)3-6-12(19)18(11)2/h4-5,7H,3,6H2,1-2H3,(H,15,20). The minimum absolute atomic E-state index is 0.116. The number of benzene rings is 1. The van der Waals surface area contributed by atoms with Crippen LogP contribution < -0.4 is 10.2 Å². The molecule has 0 unspecified atom stereocenters. The Bertz CT molecular complexity index is 726. The van der Waals surface area contributed by atoms with Gasteiger partial charge in [0.2, 0.25) is 5.91 Å². The summed E-state index contributed by atoms with van der Waals surface area (Å²) in [6.45, 7) is 1.76. The Labute approximate surface area is 125 Å². The smallest absolute Gasteiger partial charge is 0.269 e. The Morgan fingerprint density at radius 3 is 2.90 bits per heavy atom. The van der Waals surface area contributed by atoms with Crippen LogP contribution in [0.4, 0.5) is 11.4 Å². The molecule has 0 saturated heterocycles. The highest BCUT2D eigenvalue weighted by atomic mass is 32.1. The summed E-state index contributed by atoms with van der Waals surface area (Å²) in [6.07, 6.45) is 1.20. The number of anilines is 2. The zero-order chi connectivity index (χ0) is 15.0. The Kier molecular flexibility index (Phi) is 3.42. The molecule has 0 fully saturated rings. The summed E-state index contributed by atoms with van der Waals surface area (Å²) in [7, 11) is 1.77. The number of hydrogen-bond donors (Lipinski definition) is 1. The van der Waals surface area contributed by atoms with Gasteiger partial charge in [0, 0.05) is 24.8 Å². The first-order valence-corrected chi connectivity index (χ1v) is 7.33. The Morgan fingerprint density at radius 1 is 1.38 bits per heavy atom. The van der Waals surface area contributed by atoms with Gasteiger partial charge in [0.05, 0.1) is 5.69 Å². The van der Waals surface area contributed by atoms with Crippen molar-refractivity contribution < 1.29 is 9.59 Å². The summed E-state index contributed by atoms with van der Waals surface area (Å²) < 4.78 is 3.76. The van der Waals surface area contributed by atoms with Crippen LogP contribution in [0.2, 0.25) is 0 Å². The van der Waals surface area contributed by atoms with Crippen molar-refractivity contribution in [3.63, 3.8) is 0 Å². The topological polar surface area (TPSA) is 75.2 Å². The molecule has 3 rings (SSSR count). The van der Waals surface area contributed by atoms with Crippen molar-refractivity contribution in [1.82, 2.24) is 9.59 Å². The summed E-state index contributed by atoms with van der Waals surface area (Å²) in [5, 5.41) is 6.68. The van der Waals surface area contributed by atoms with Gasteiger partial charge in [0.25, 0.3) is 5.91 Å². The number of aromatic nitrogens is 2. The number of amides is 2. The number of fused-ring (bicyclic) bond motifs is 1. The highest BCUT2D eigenvalue weighted by Crippen LogP contribution is 2.29. The fourth-order valence-electron chi connectivity index (χ4n) is 2.36. The third-order valence-electron chi connectivity index (χ3n) is 3.54. The van der Waals surface area contributed by atoms with Gasteiger partial charge in [-0.05, 0) is 48.6 Å². The molecule has 0 bridgehead atoms. The van der Waals surface area contributed by atoms with Crippen molar-refractivity contribution in [3.8, 4) is 0 Å². The maximum Gasteiger partial charge on any atom is 0.269 e. The zero-order valence-corrected chi connectivity index (χ0v) is 12.5. The largest absolute Gasteiger partial charge is 0.321 e.